The molecule has 1 aromatic carbocycles. The molecular weight excluding hydrogens is 284 g/mol. The minimum absolute atomic E-state index is 0.112. The summed E-state index contributed by atoms with van der Waals surface area (Å²) < 4.78 is 12.6. The largest absolute Gasteiger partial charge is 0.503 e. The number of pyridine rings is 1. The number of aromatic hydroxyl groups is 1. The van der Waals surface area contributed by atoms with E-state index < -0.39 is 6.04 Å². The number of nitrogens with zero attached hydrogens (tertiary/aromatic N) is 1. The van der Waals surface area contributed by atoms with Crippen LogP contribution in [0.1, 0.15) is 13.0 Å². The van der Waals surface area contributed by atoms with E-state index in [-0.39, 0.29) is 11.7 Å². The molecule has 1 aliphatic rings. The molecular formula is C16H17N2O4+. The summed E-state index contributed by atoms with van der Waals surface area (Å²) in [6.07, 6.45) is 3.24. The van der Waals surface area contributed by atoms with Gasteiger partial charge in [0.05, 0.1) is 0 Å². The molecule has 1 amide bonds. The van der Waals surface area contributed by atoms with Gasteiger partial charge >= 0.3 is 0 Å². The van der Waals surface area contributed by atoms with Gasteiger partial charge in [0.15, 0.2) is 23.4 Å². The Labute approximate surface area is 127 Å². The average molecular weight is 301 g/mol. The lowest BCUT2D eigenvalue weighted by Gasteiger charge is -2.19. The molecule has 1 aliphatic heterocycles. The summed E-state index contributed by atoms with van der Waals surface area (Å²) in [6.45, 7) is 2.79. The van der Waals surface area contributed by atoms with Crippen LogP contribution in [0.15, 0.2) is 42.7 Å². The number of anilines is 1. The third kappa shape index (κ3) is 2.95. The van der Waals surface area contributed by atoms with Crippen LogP contribution >= 0.6 is 0 Å². The molecule has 1 aromatic heterocycles. The normalized spacial score (nSPS) is 14.2. The predicted molar refractivity (Wildman–Crippen MR) is 79.1 cm³/mol. The number of carbonyl (C=O) groups is 1. The quantitative estimate of drug-likeness (QED) is 0.846. The molecule has 0 radical (unpaired) electrons. The minimum Gasteiger partial charge on any atom is -0.503 e. The second kappa shape index (κ2) is 5.93. The van der Waals surface area contributed by atoms with Crippen LogP contribution in [0, 0.1) is 0 Å². The monoisotopic (exact) mass is 301 g/mol. The molecule has 2 aromatic rings. The number of fused-ring (bicyclic) bond motifs is 1. The molecule has 22 heavy (non-hydrogen) atoms. The Kier molecular flexibility index (Phi) is 3.82. The first-order valence-corrected chi connectivity index (χ1v) is 7.04. The van der Waals surface area contributed by atoms with Crippen LogP contribution in [-0.2, 0) is 4.79 Å². The topological polar surface area (TPSA) is 71.7 Å². The number of nitrogens with one attached hydrogen (secondary N) is 1. The van der Waals surface area contributed by atoms with E-state index >= 15 is 0 Å². The summed E-state index contributed by atoms with van der Waals surface area (Å²) in [4.78, 5) is 12.3. The lowest BCUT2D eigenvalue weighted by Crippen LogP contribution is -2.43. The van der Waals surface area contributed by atoms with Gasteiger partial charge in [0.25, 0.3) is 5.91 Å². The van der Waals surface area contributed by atoms with Crippen molar-refractivity contribution >= 4 is 11.6 Å². The zero-order valence-electron chi connectivity index (χ0n) is 12.2. The van der Waals surface area contributed by atoms with E-state index in [0.717, 1.165) is 0 Å². The molecule has 0 saturated carbocycles. The molecule has 0 bridgehead atoms. The smallest absolute Gasteiger partial charge is 0.293 e. The lowest BCUT2D eigenvalue weighted by atomic mass is 10.2. The summed E-state index contributed by atoms with van der Waals surface area (Å²) in [7, 11) is 0. The number of ether oxygens (including phenoxy) is 2. The summed E-state index contributed by atoms with van der Waals surface area (Å²) in [5.41, 5.74) is 0.641. The van der Waals surface area contributed by atoms with Crippen molar-refractivity contribution in [1.82, 2.24) is 0 Å². The molecule has 0 fully saturated rings. The van der Waals surface area contributed by atoms with Crippen molar-refractivity contribution in [2.45, 2.75) is 13.0 Å². The fourth-order valence-electron chi connectivity index (χ4n) is 2.22. The van der Waals surface area contributed by atoms with Gasteiger partial charge in [0.2, 0.25) is 12.2 Å². The molecule has 3 rings (SSSR count). The van der Waals surface area contributed by atoms with Gasteiger partial charge in [-0.15, -0.1) is 0 Å². The zero-order chi connectivity index (χ0) is 15.5. The maximum atomic E-state index is 12.3. The average Bonchev–Trinajstić information content (AvgIpc) is 2.54. The van der Waals surface area contributed by atoms with Crippen LogP contribution in [-0.4, -0.2) is 24.2 Å². The van der Waals surface area contributed by atoms with Crippen LogP contribution in [0.25, 0.3) is 0 Å². The Bertz CT molecular complexity index is 702. The standard InChI is InChI=1S/C16H16N2O4/c1-11(18-6-2-3-13(19)10-18)16(20)17-12-4-5-14-15(9-12)22-8-7-21-14/h2-6,9-11H,7-8H2,1H3,(H-,17,19,20)/p+1/t11-/m1/s1. The highest BCUT2D eigenvalue weighted by Gasteiger charge is 2.23. The number of rotatable bonds is 3. The first-order chi connectivity index (χ1) is 10.6. The molecule has 6 nitrogen and oxygen atoms in total. The molecule has 0 aliphatic carbocycles. The third-order valence-corrected chi connectivity index (χ3v) is 3.44. The zero-order valence-corrected chi connectivity index (χ0v) is 12.2. The van der Waals surface area contributed by atoms with E-state index in [1.165, 1.54) is 6.20 Å². The van der Waals surface area contributed by atoms with E-state index in [1.807, 2.05) is 0 Å². The molecule has 1 atom stereocenters. The lowest BCUT2D eigenvalue weighted by molar-refractivity contribution is -0.705. The van der Waals surface area contributed by atoms with Gasteiger partial charge in [0, 0.05) is 24.7 Å². The number of carbonyl (C=O) groups excluding carboxylic acids is 1. The maximum Gasteiger partial charge on any atom is 0.293 e. The number of aromatic nitrogens is 1. The number of hydrogen-bond acceptors (Lipinski definition) is 4. The van der Waals surface area contributed by atoms with Crippen molar-refractivity contribution in [2.24, 2.45) is 0 Å². The first kappa shape index (κ1) is 14.2. The van der Waals surface area contributed by atoms with Crippen LogP contribution in [0.4, 0.5) is 5.69 Å². The molecule has 2 heterocycles. The van der Waals surface area contributed by atoms with Gasteiger partial charge < -0.3 is 19.9 Å². The highest BCUT2D eigenvalue weighted by atomic mass is 16.6. The summed E-state index contributed by atoms with van der Waals surface area (Å²) >= 11 is 0. The Hall–Kier alpha value is -2.76. The van der Waals surface area contributed by atoms with Crippen LogP contribution in [0.3, 0.4) is 0 Å². The molecule has 0 unspecified atom stereocenters. The summed E-state index contributed by atoms with van der Waals surface area (Å²) in [6, 6.07) is 8.07. The van der Waals surface area contributed by atoms with E-state index in [2.05, 4.69) is 5.32 Å². The first-order valence-electron chi connectivity index (χ1n) is 7.04. The predicted octanol–water partition coefficient (Wildman–Crippen LogP) is 1.65. The molecule has 6 heteroatoms. The highest BCUT2D eigenvalue weighted by molar-refractivity contribution is 5.92. The molecule has 2 N–H and O–H groups in total. The van der Waals surface area contributed by atoms with Crippen LogP contribution < -0.4 is 19.4 Å². The van der Waals surface area contributed by atoms with Gasteiger partial charge in [-0.3, -0.25) is 4.79 Å². The van der Waals surface area contributed by atoms with Crippen molar-refractivity contribution in [1.29, 1.82) is 0 Å². The highest BCUT2D eigenvalue weighted by Crippen LogP contribution is 2.32. The Morgan fingerprint density at radius 2 is 2.05 bits per heavy atom. The van der Waals surface area contributed by atoms with E-state index in [0.29, 0.717) is 30.4 Å². The van der Waals surface area contributed by atoms with Gasteiger partial charge in [-0.05, 0) is 18.2 Å². The van der Waals surface area contributed by atoms with E-state index in [9.17, 15) is 9.90 Å². The van der Waals surface area contributed by atoms with Crippen molar-refractivity contribution in [3.63, 3.8) is 0 Å². The maximum absolute atomic E-state index is 12.3. The van der Waals surface area contributed by atoms with Crippen molar-refractivity contribution in [2.75, 3.05) is 18.5 Å². The summed E-state index contributed by atoms with van der Waals surface area (Å²) in [5, 5.41) is 12.3. The van der Waals surface area contributed by atoms with Crippen molar-refractivity contribution < 1.29 is 23.9 Å². The van der Waals surface area contributed by atoms with Gasteiger partial charge in [-0.25, -0.2) is 0 Å². The SMILES string of the molecule is C[C@H](C(=O)Nc1ccc2c(c1)OCCO2)[n+]1cccc(O)c1. The van der Waals surface area contributed by atoms with Crippen LogP contribution in [0.2, 0.25) is 0 Å². The van der Waals surface area contributed by atoms with Crippen molar-refractivity contribution in [3.8, 4) is 17.2 Å². The number of hydrogen-bond donors (Lipinski definition) is 2. The minimum atomic E-state index is -0.458. The third-order valence-electron chi connectivity index (χ3n) is 3.44. The van der Waals surface area contributed by atoms with Gasteiger partial charge in [-0.2, -0.15) is 4.57 Å². The molecule has 0 saturated heterocycles. The number of benzene rings is 1. The van der Waals surface area contributed by atoms with Gasteiger partial charge in [0.1, 0.15) is 13.2 Å². The van der Waals surface area contributed by atoms with Gasteiger partial charge in [-0.1, -0.05) is 0 Å². The fourth-order valence-corrected chi connectivity index (χ4v) is 2.22. The summed E-state index contributed by atoms with van der Waals surface area (Å²) in [5.74, 6) is 1.23. The van der Waals surface area contributed by atoms with Crippen LogP contribution in [0.5, 0.6) is 17.2 Å². The Morgan fingerprint density at radius 1 is 1.27 bits per heavy atom. The second-order valence-electron chi connectivity index (χ2n) is 5.03. The molecule has 0 spiro atoms. The van der Waals surface area contributed by atoms with E-state index in [1.54, 1.807) is 48.0 Å². The second-order valence-corrected chi connectivity index (χ2v) is 5.03. The van der Waals surface area contributed by atoms with Crippen molar-refractivity contribution in [3.05, 3.63) is 42.7 Å². The van der Waals surface area contributed by atoms with E-state index in [4.69, 9.17) is 9.47 Å². The Balaban J connectivity index is 1.73. The molecule has 114 valence electrons. The fraction of sp³-hybridized carbons (Fsp3) is 0.250. The Morgan fingerprint density at radius 3 is 2.82 bits per heavy atom. The number of amides is 1.